The second-order valence-corrected chi connectivity index (χ2v) is 9.01. The van der Waals surface area contributed by atoms with Gasteiger partial charge < -0.3 is 10.3 Å². The number of nitrogens with one attached hydrogen (secondary N) is 2. The van der Waals surface area contributed by atoms with Crippen LogP contribution < -0.4 is 5.32 Å². The first kappa shape index (κ1) is 20.4. The predicted molar refractivity (Wildman–Crippen MR) is 115 cm³/mol. The molecule has 0 bridgehead atoms. The molecule has 10 heteroatoms. The standard InChI is InChI=1S/C21H17FN6O2S/c1-12(13-4-6-15(7-5-13)31(3,29)30)27-21-26-11-18(23-2)19(28-21)17-10-25-20-16(17)8-14(22)9-24-20/h4-12H,1,3H3,(H,24,25)(H,26,27,28). The summed E-state index contributed by atoms with van der Waals surface area (Å²) in [6.45, 7) is 9.31. The summed E-state index contributed by atoms with van der Waals surface area (Å²) in [7, 11) is -3.27. The number of hydrogen-bond acceptors (Lipinski definition) is 6. The van der Waals surface area contributed by atoms with Crippen molar-refractivity contribution >= 4 is 32.5 Å². The molecule has 4 aromatic rings. The Morgan fingerprint density at radius 3 is 2.61 bits per heavy atom. The Morgan fingerprint density at radius 1 is 1.19 bits per heavy atom. The third-order valence-corrected chi connectivity index (χ3v) is 5.93. The maximum absolute atomic E-state index is 13.7. The molecule has 1 aromatic carbocycles. The molecule has 31 heavy (non-hydrogen) atoms. The normalized spacial score (nSPS) is 12.5. The maximum atomic E-state index is 13.7. The van der Waals surface area contributed by atoms with E-state index in [0.29, 0.717) is 22.3 Å². The number of nitrogens with zero attached hydrogens (tertiary/aromatic N) is 4. The van der Waals surface area contributed by atoms with E-state index in [4.69, 9.17) is 6.57 Å². The summed E-state index contributed by atoms with van der Waals surface area (Å²) in [6, 6.07) is 7.63. The minimum Gasteiger partial charge on any atom is -0.348 e. The molecule has 0 radical (unpaired) electrons. The molecular formula is C21H17FN6O2S. The number of H-pyrrole nitrogens is 1. The van der Waals surface area contributed by atoms with Crippen LogP contribution in [0.1, 0.15) is 18.5 Å². The molecule has 0 aliphatic heterocycles. The van der Waals surface area contributed by atoms with Crippen LogP contribution in [0, 0.1) is 12.4 Å². The van der Waals surface area contributed by atoms with E-state index in [1.165, 1.54) is 12.3 Å². The fourth-order valence-electron chi connectivity index (χ4n) is 3.18. The largest absolute Gasteiger partial charge is 0.348 e. The number of fused-ring (bicyclic) bond motifs is 1. The first-order chi connectivity index (χ1) is 14.8. The quantitative estimate of drug-likeness (QED) is 0.452. The average Bonchev–Trinajstić information content (AvgIpc) is 3.16. The molecule has 0 saturated carbocycles. The van der Waals surface area contributed by atoms with E-state index in [1.807, 2.05) is 6.92 Å². The maximum Gasteiger partial charge on any atom is 0.231 e. The van der Waals surface area contributed by atoms with Gasteiger partial charge in [0.25, 0.3) is 0 Å². The Hall–Kier alpha value is -3.84. The van der Waals surface area contributed by atoms with Crippen LogP contribution in [0.4, 0.5) is 16.0 Å². The highest BCUT2D eigenvalue weighted by molar-refractivity contribution is 7.90. The molecule has 156 valence electrons. The van der Waals surface area contributed by atoms with Crippen LogP contribution in [0.25, 0.3) is 27.1 Å². The minimum absolute atomic E-state index is 0.223. The summed E-state index contributed by atoms with van der Waals surface area (Å²) in [5.74, 6) is -0.211. The number of anilines is 1. The lowest BCUT2D eigenvalue weighted by Crippen LogP contribution is -2.10. The second-order valence-electron chi connectivity index (χ2n) is 7.00. The minimum atomic E-state index is -3.27. The summed E-state index contributed by atoms with van der Waals surface area (Å²) in [4.78, 5) is 19.4. The summed E-state index contributed by atoms with van der Waals surface area (Å²) in [6.07, 6.45) is 5.31. The number of halogens is 1. The van der Waals surface area contributed by atoms with Gasteiger partial charge in [-0.05, 0) is 30.7 Å². The van der Waals surface area contributed by atoms with Crippen molar-refractivity contribution in [2.24, 2.45) is 0 Å². The van der Waals surface area contributed by atoms with Crippen LogP contribution in [-0.2, 0) is 9.84 Å². The molecule has 0 aliphatic rings. The molecular weight excluding hydrogens is 419 g/mol. The monoisotopic (exact) mass is 436 g/mol. The van der Waals surface area contributed by atoms with Gasteiger partial charge in [0.2, 0.25) is 11.6 Å². The van der Waals surface area contributed by atoms with E-state index in [9.17, 15) is 12.8 Å². The van der Waals surface area contributed by atoms with Gasteiger partial charge in [-0.2, -0.15) is 0 Å². The van der Waals surface area contributed by atoms with Gasteiger partial charge >= 0.3 is 0 Å². The molecule has 1 atom stereocenters. The molecule has 4 rings (SSSR count). The molecule has 3 heterocycles. The summed E-state index contributed by atoms with van der Waals surface area (Å²) >= 11 is 0. The van der Waals surface area contributed by atoms with Gasteiger partial charge in [0.05, 0.1) is 29.4 Å². The van der Waals surface area contributed by atoms with Crippen molar-refractivity contribution < 1.29 is 12.8 Å². The molecule has 0 spiro atoms. The van der Waals surface area contributed by atoms with Crippen LogP contribution in [0.5, 0.6) is 0 Å². The van der Waals surface area contributed by atoms with Crippen molar-refractivity contribution in [3.05, 3.63) is 71.7 Å². The van der Waals surface area contributed by atoms with Crippen molar-refractivity contribution in [1.29, 1.82) is 0 Å². The highest BCUT2D eigenvalue weighted by Crippen LogP contribution is 2.34. The molecule has 0 fully saturated rings. The molecule has 0 aliphatic carbocycles. The summed E-state index contributed by atoms with van der Waals surface area (Å²) < 4.78 is 37.0. The number of aromatic amines is 1. The van der Waals surface area contributed by atoms with E-state index in [-0.39, 0.29) is 22.6 Å². The number of sulfone groups is 1. The predicted octanol–water partition coefficient (Wildman–Crippen LogP) is 4.29. The molecule has 8 nitrogen and oxygen atoms in total. The molecule has 0 saturated heterocycles. The van der Waals surface area contributed by atoms with Crippen molar-refractivity contribution in [3.63, 3.8) is 0 Å². The second kappa shape index (κ2) is 7.77. The third-order valence-electron chi connectivity index (χ3n) is 4.80. The SMILES string of the molecule is [C-]#[N+]c1cnc(NC(C)c2ccc(S(C)(=O)=O)cc2)nc1-c1c[nH]c2ncc(F)cc12. The van der Waals surface area contributed by atoms with Gasteiger partial charge in [-0.3, -0.25) is 0 Å². The van der Waals surface area contributed by atoms with E-state index in [2.05, 4.69) is 30.1 Å². The van der Waals surface area contributed by atoms with Crippen molar-refractivity contribution in [2.75, 3.05) is 11.6 Å². The van der Waals surface area contributed by atoms with Crippen LogP contribution in [0.15, 0.2) is 53.8 Å². The highest BCUT2D eigenvalue weighted by atomic mass is 32.2. The zero-order chi connectivity index (χ0) is 22.2. The third kappa shape index (κ3) is 4.08. The molecule has 3 aromatic heterocycles. The van der Waals surface area contributed by atoms with Crippen molar-refractivity contribution in [2.45, 2.75) is 17.9 Å². The highest BCUT2D eigenvalue weighted by Gasteiger charge is 2.17. The number of pyridine rings is 1. The topological polar surface area (TPSA) is 105 Å². The van der Waals surface area contributed by atoms with Gasteiger partial charge in [-0.1, -0.05) is 12.1 Å². The average molecular weight is 436 g/mol. The summed E-state index contributed by atoms with van der Waals surface area (Å²) in [5, 5.41) is 3.67. The van der Waals surface area contributed by atoms with E-state index in [0.717, 1.165) is 18.0 Å². The van der Waals surface area contributed by atoms with Crippen LogP contribution in [-0.4, -0.2) is 34.6 Å². The van der Waals surface area contributed by atoms with Crippen LogP contribution >= 0.6 is 0 Å². The zero-order valence-corrected chi connectivity index (χ0v) is 17.4. The first-order valence-corrected chi connectivity index (χ1v) is 11.1. The van der Waals surface area contributed by atoms with Crippen LogP contribution in [0.3, 0.4) is 0 Å². The summed E-state index contributed by atoms with van der Waals surface area (Å²) in [5.41, 5.74) is 2.44. The number of benzene rings is 1. The number of aromatic nitrogens is 4. The molecule has 0 amide bonds. The van der Waals surface area contributed by atoms with Crippen molar-refractivity contribution in [1.82, 2.24) is 19.9 Å². The lowest BCUT2D eigenvalue weighted by Gasteiger charge is -2.15. The molecule has 1 unspecified atom stereocenters. The van der Waals surface area contributed by atoms with Crippen LogP contribution in [0.2, 0.25) is 0 Å². The van der Waals surface area contributed by atoms with Gasteiger partial charge in [-0.15, -0.1) is 0 Å². The van der Waals surface area contributed by atoms with E-state index < -0.39 is 15.7 Å². The fraction of sp³-hybridized carbons (Fsp3) is 0.143. The lowest BCUT2D eigenvalue weighted by molar-refractivity contribution is 0.602. The smallest absolute Gasteiger partial charge is 0.231 e. The van der Waals surface area contributed by atoms with Gasteiger partial charge in [0, 0.05) is 29.6 Å². The Morgan fingerprint density at radius 2 is 1.94 bits per heavy atom. The van der Waals surface area contributed by atoms with Gasteiger partial charge in [0.15, 0.2) is 9.84 Å². The van der Waals surface area contributed by atoms with E-state index >= 15 is 0 Å². The van der Waals surface area contributed by atoms with Crippen molar-refractivity contribution in [3.8, 4) is 11.3 Å². The Labute approximate surface area is 177 Å². The lowest BCUT2D eigenvalue weighted by atomic mass is 10.1. The fourth-order valence-corrected chi connectivity index (χ4v) is 3.81. The number of rotatable bonds is 5. The number of hydrogen-bond donors (Lipinski definition) is 2. The Bertz CT molecular complexity index is 1420. The van der Waals surface area contributed by atoms with Gasteiger partial charge in [0.1, 0.15) is 11.5 Å². The Balaban J connectivity index is 1.67. The zero-order valence-electron chi connectivity index (χ0n) is 16.6. The Kier molecular flexibility index (Phi) is 5.12. The molecule has 2 N–H and O–H groups in total. The van der Waals surface area contributed by atoms with Gasteiger partial charge in [-0.25, -0.2) is 32.6 Å². The van der Waals surface area contributed by atoms with E-state index in [1.54, 1.807) is 30.5 Å². The first-order valence-electron chi connectivity index (χ1n) is 9.20.